The lowest BCUT2D eigenvalue weighted by molar-refractivity contribution is -0.142. The van der Waals surface area contributed by atoms with Gasteiger partial charge in [-0.2, -0.15) is 0 Å². The van der Waals surface area contributed by atoms with Crippen molar-refractivity contribution in [3.05, 3.63) is 72.8 Å². The summed E-state index contributed by atoms with van der Waals surface area (Å²) in [7, 11) is 0. The van der Waals surface area contributed by atoms with Gasteiger partial charge >= 0.3 is 0 Å². The number of anilines is 1. The molecule has 0 saturated carbocycles. The molecule has 0 aliphatic carbocycles. The first-order valence-electron chi connectivity index (χ1n) is 10.6. The van der Waals surface area contributed by atoms with Gasteiger partial charge in [-0.3, -0.25) is 9.59 Å². The van der Waals surface area contributed by atoms with Crippen molar-refractivity contribution >= 4 is 23.6 Å². The quantitative estimate of drug-likeness (QED) is 0.517. The van der Waals surface area contributed by atoms with Gasteiger partial charge in [0.25, 0.3) is 11.8 Å². The van der Waals surface area contributed by atoms with Crippen molar-refractivity contribution in [2.75, 3.05) is 44.4 Å². The molecule has 0 N–H and O–H groups in total. The molecule has 2 aromatic carbocycles. The van der Waals surface area contributed by atoms with Gasteiger partial charge in [0.2, 0.25) is 0 Å². The SMILES string of the molecule is C=CCOc1ccc(/C=C/C(=O)N2CC(C(=O)N3CCOCC3)Oc3ccccc32)cc1. The number of ether oxygens (including phenoxy) is 3. The molecule has 7 heteroatoms. The van der Waals surface area contributed by atoms with Crippen LogP contribution < -0.4 is 14.4 Å². The fourth-order valence-corrected chi connectivity index (χ4v) is 3.65. The molecule has 7 nitrogen and oxygen atoms in total. The summed E-state index contributed by atoms with van der Waals surface area (Å²) in [6, 6.07) is 14.7. The molecule has 2 aromatic rings. The van der Waals surface area contributed by atoms with E-state index in [0.29, 0.717) is 44.3 Å². The number of amides is 2. The van der Waals surface area contributed by atoms with Gasteiger partial charge in [-0.1, -0.05) is 36.9 Å². The van der Waals surface area contributed by atoms with Crippen molar-refractivity contribution in [3.8, 4) is 11.5 Å². The largest absolute Gasteiger partial charge is 0.490 e. The number of para-hydroxylation sites is 2. The topological polar surface area (TPSA) is 68.3 Å². The van der Waals surface area contributed by atoms with Crippen LogP contribution in [0.25, 0.3) is 6.08 Å². The minimum absolute atomic E-state index is 0.125. The van der Waals surface area contributed by atoms with Crippen LogP contribution in [-0.2, 0) is 14.3 Å². The monoisotopic (exact) mass is 434 g/mol. The Labute approximate surface area is 187 Å². The number of nitrogens with zero attached hydrogens (tertiary/aromatic N) is 2. The van der Waals surface area contributed by atoms with Crippen LogP contribution in [0.2, 0.25) is 0 Å². The van der Waals surface area contributed by atoms with Gasteiger partial charge in [-0.25, -0.2) is 0 Å². The molecule has 4 rings (SSSR count). The molecular formula is C25H26N2O5. The highest BCUT2D eigenvalue weighted by Gasteiger charge is 2.35. The number of hydrogen-bond donors (Lipinski definition) is 0. The van der Waals surface area contributed by atoms with Crippen LogP contribution in [0, 0.1) is 0 Å². The minimum Gasteiger partial charge on any atom is -0.490 e. The van der Waals surface area contributed by atoms with E-state index < -0.39 is 6.10 Å². The van der Waals surface area contributed by atoms with Gasteiger partial charge < -0.3 is 24.0 Å². The van der Waals surface area contributed by atoms with Crippen LogP contribution in [0.4, 0.5) is 5.69 Å². The molecule has 1 unspecified atom stereocenters. The summed E-state index contributed by atoms with van der Waals surface area (Å²) in [5.41, 5.74) is 1.52. The summed E-state index contributed by atoms with van der Waals surface area (Å²) < 4.78 is 16.8. The van der Waals surface area contributed by atoms with E-state index in [0.717, 1.165) is 11.3 Å². The van der Waals surface area contributed by atoms with Gasteiger partial charge in [0.05, 0.1) is 25.4 Å². The predicted octanol–water partition coefficient (Wildman–Crippen LogP) is 2.92. The second kappa shape index (κ2) is 10.2. The highest BCUT2D eigenvalue weighted by Crippen LogP contribution is 2.34. The highest BCUT2D eigenvalue weighted by molar-refractivity contribution is 6.05. The third-order valence-electron chi connectivity index (χ3n) is 5.30. The first-order valence-corrected chi connectivity index (χ1v) is 10.6. The van der Waals surface area contributed by atoms with Crippen LogP contribution in [0.5, 0.6) is 11.5 Å². The van der Waals surface area contributed by atoms with Gasteiger partial charge in [-0.15, -0.1) is 0 Å². The second-order valence-electron chi connectivity index (χ2n) is 7.46. The molecular weight excluding hydrogens is 408 g/mol. The molecule has 1 saturated heterocycles. The van der Waals surface area contributed by atoms with E-state index in [4.69, 9.17) is 14.2 Å². The Balaban J connectivity index is 1.49. The molecule has 0 bridgehead atoms. The number of hydrogen-bond acceptors (Lipinski definition) is 5. The molecule has 32 heavy (non-hydrogen) atoms. The van der Waals surface area contributed by atoms with Crippen LogP contribution >= 0.6 is 0 Å². The summed E-state index contributed by atoms with van der Waals surface area (Å²) in [4.78, 5) is 29.4. The van der Waals surface area contributed by atoms with E-state index >= 15 is 0 Å². The average molecular weight is 434 g/mol. The Hall–Kier alpha value is -3.58. The zero-order valence-electron chi connectivity index (χ0n) is 17.8. The standard InChI is InChI=1S/C25H26N2O5/c1-2-15-31-20-10-7-19(8-11-20)9-12-24(28)27-18-23(25(29)26-13-16-30-17-14-26)32-22-6-4-3-5-21(22)27/h2-12,23H,1,13-18H2/b12-9+. The maximum atomic E-state index is 13.1. The highest BCUT2D eigenvalue weighted by atomic mass is 16.5. The molecule has 2 amide bonds. The van der Waals surface area contributed by atoms with E-state index in [1.807, 2.05) is 42.5 Å². The van der Waals surface area contributed by atoms with E-state index in [1.54, 1.807) is 28.0 Å². The molecule has 2 heterocycles. The first kappa shape index (κ1) is 21.6. The minimum atomic E-state index is -0.748. The molecule has 166 valence electrons. The molecule has 1 fully saturated rings. The third kappa shape index (κ3) is 5.00. The maximum absolute atomic E-state index is 13.1. The number of morpholine rings is 1. The number of benzene rings is 2. The van der Waals surface area contributed by atoms with Crippen LogP contribution in [0.1, 0.15) is 5.56 Å². The Morgan fingerprint density at radius 2 is 1.84 bits per heavy atom. The second-order valence-corrected chi connectivity index (χ2v) is 7.46. The summed E-state index contributed by atoms with van der Waals surface area (Å²) >= 11 is 0. The Bertz CT molecular complexity index is 996. The number of carbonyl (C=O) groups is 2. The molecule has 1 atom stereocenters. The van der Waals surface area contributed by atoms with Crippen LogP contribution in [0.3, 0.4) is 0 Å². The lowest BCUT2D eigenvalue weighted by Crippen LogP contribution is -2.53. The smallest absolute Gasteiger partial charge is 0.265 e. The summed E-state index contributed by atoms with van der Waals surface area (Å²) in [6.07, 6.45) is 4.19. The number of rotatable bonds is 6. The molecule has 2 aliphatic heterocycles. The van der Waals surface area contributed by atoms with E-state index in [9.17, 15) is 9.59 Å². The third-order valence-corrected chi connectivity index (χ3v) is 5.30. The summed E-state index contributed by atoms with van der Waals surface area (Å²) in [5, 5.41) is 0. The number of carbonyl (C=O) groups excluding carboxylic acids is 2. The first-order chi connectivity index (χ1) is 15.7. The fourth-order valence-electron chi connectivity index (χ4n) is 3.65. The van der Waals surface area contributed by atoms with Gasteiger partial charge in [-0.05, 0) is 35.9 Å². The van der Waals surface area contributed by atoms with Crippen molar-refractivity contribution in [2.45, 2.75) is 6.10 Å². The molecule has 0 aromatic heterocycles. The van der Waals surface area contributed by atoms with Gasteiger partial charge in [0.1, 0.15) is 18.1 Å². The summed E-state index contributed by atoms with van der Waals surface area (Å²) in [5.74, 6) is 0.919. The van der Waals surface area contributed by atoms with Crippen molar-refractivity contribution in [3.63, 3.8) is 0 Å². The lowest BCUT2D eigenvalue weighted by atomic mass is 10.1. The Morgan fingerprint density at radius 3 is 2.59 bits per heavy atom. The van der Waals surface area contributed by atoms with E-state index in [-0.39, 0.29) is 18.4 Å². The van der Waals surface area contributed by atoms with E-state index in [1.165, 1.54) is 6.08 Å². The zero-order valence-corrected chi connectivity index (χ0v) is 17.8. The lowest BCUT2D eigenvalue weighted by Gasteiger charge is -2.37. The summed E-state index contributed by atoms with van der Waals surface area (Å²) in [6.45, 7) is 6.31. The normalized spacial score (nSPS) is 18.1. The zero-order chi connectivity index (χ0) is 22.3. The Kier molecular flexibility index (Phi) is 6.87. The van der Waals surface area contributed by atoms with Crippen molar-refractivity contribution in [1.82, 2.24) is 4.90 Å². The molecule has 0 spiro atoms. The van der Waals surface area contributed by atoms with Crippen molar-refractivity contribution in [2.24, 2.45) is 0 Å². The van der Waals surface area contributed by atoms with Gasteiger partial charge in [0.15, 0.2) is 6.10 Å². The van der Waals surface area contributed by atoms with Crippen molar-refractivity contribution in [1.29, 1.82) is 0 Å². The molecule has 2 aliphatic rings. The fraction of sp³-hybridized carbons (Fsp3) is 0.280. The maximum Gasteiger partial charge on any atom is 0.265 e. The Morgan fingerprint density at radius 1 is 1.09 bits per heavy atom. The van der Waals surface area contributed by atoms with Crippen LogP contribution in [-0.4, -0.2) is 62.3 Å². The molecule has 0 radical (unpaired) electrons. The van der Waals surface area contributed by atoms with Crippen molar-refractivity contribution < 1.29 is 23.8 Å². The predicted molar refractivity (Wildman–Crippen MR) is 122 cm³/mol. The van der Waals surface area contributed by atoms with Crippen LogP contribution in [0.15, 0.2) is 67.3 Å². The number of fused-ring (bicyclic) bond motifs is 1. The average Bonchev–Trinajstić information content (AvgIpc) is 2.86. The van der Waals surface area contributed by atoms with E-state index in [2.05, 4.69) is 6.58 Å². The van der Waals surface area contributed by atoms with Gasteiger partial charge in [0, 0.05) is 19.2 Å².